The second kappa shape index (κ2) is 8.43. The van der Waals surface area contributed by atoms with Crippen LogP contribution in [0.3, 0.4) is 0 Å². The van der Waals surface area contributed by atoms with E-state index in [0.29, 0.717) is 17.2 Å². The molecule has 146 valence electrons. The fourth-order valence-electron chi connectivity index (χ4n) is 2.85. The van der Waals surface area contributed by atoms with Gasteiger partial charge in [0.05, 0.1) is 27.2 Å². The van der Waals surface area contributed by atoms with Gasteiger partial charge in [-0.25, -0.2) is 4.79 Å². The van der Waals surface area contributed by atoms with Gasteiger partial charge in [-0.2, -0.15) is 0 Å². The molecule has 3 rings (SSSR count). The summed E-state index contributed by atoms with van der Waals surface area (Å²) in [7, 11) is 3.12. The molecule has 1 unspecified atom stereocenters. The molecule has 1 saturated heterocycles. The van der Waals surface area contributed by atoms with Gasteiger partial charge < -0.3 is 20.1 Å². The van der Waals surface area contributed by atoms with Crippen LogP contribution >= 0.6 is 0 Å². The zero-order valence-electron chi connectivity index (χ0n) is 15.6. The first-order valence-corrected chi connectivity index (χ1v) is 8.69. The van der Waals surface area contributed by atoms with E-state index >= 15 is 0 Å². The maximum Gasteiger partial charge on any atom is 0.325 e. The molecule has 2 aromatic rings. The highest BCUT2D eigenvalue weighted by atomic mass is 16.5. The van der Waals surface area contributed by atoms with Crippen LogP contribution < -0.4 is 20.1 Å². The highest BCUT2D eigenvalue weighted by Gasteiger charge is 2.38. The number of carbonyl (C=O) groups is 3. The Balaban J connectivity index is 1.58. The first-order chi connectivity index (χ1) is 13.5. The average molecular weight is 383 g/mol. The first kappa shape index (κ1) is 19.2. The van der Waals surface area contributed by atoms with Crippen molar-refractivity contribution in [3.05, 3.63) is 54.1 Å². The molecule has 4 amide bonds. The Hall–Kier alpha value is -3.55. The molecule has 1 heterocycles. The van der Waals surface area contributed by atoms with Crippen molar-refractivity contribution in [2.45, 2.75) is 19.0 Å². The molecular formula is C20H21N3O5. The van der Waals surface area contributed by atoms with Gasteiger partial charge in [0.25, 0.3) is 5.91 Å². The van der Waals surface area contributed by atoms with Gasteiger partial charge in [-0.1, -0.05) is 12.1 Å². The summed E-state index contributed by atoms with van der Waals surface area (Å²) in [6, 6.07) is 12.5. The van der Waals surface area contributed by atoms with Crippen molar-refractivity contribution in [1.82, 2.24) is 10.2 Å². The van der Waals surface area contributed by atoms with Crippen LogP contribution in [0.15, 0.2) is 48.5 Å². The molecule has 8 heteroatoms. The van der Waals surface area contributed by atoms with Crippen LogP contribution in [0.5, 0.6) is 11.5 Å². The largest absolute Gasteiger partial charge is 0.497 e. The Labute approximate surface area is 162 Å². The van der Waals surface area contributed by atoms with E-state index in [2.05, 4.69) is 10.6 Å². The number of imide groups is 1. The molecule has 1 atom stereocenters. The number of amides is 4. The summed E-state index contributed by atoms with van der Waals surface area (Å²) in [5.74, 6) is 0.570. The summed E-state index contributed by atoms with van der Waals surface area (Å²) >= 11 is 0. The minimum Gasteiger partial charge on any atom is -0.497 e. The van der Waals surface area contributed by atoms with Crippen LogP contribution in [-0.4, -0.2) is 43.0 Å². The van der Waals surface area contributed by atoms with Gasteiger partial charge in [-0.15, -0.1) is 0 Å². The van der Waals surface area contributed by atoms with E-state index in [1.54, 1.807) is 62.8 Å². The number of benzene rings is 2. The fraction of sp³-hybridized carbons (Fsp3) is 0.250. The maximum atomic E-state index is 12.5. The quantitative estimate of drug-likeness (QED) is 0.714. The van der Waals surface area contributed by atoms with Crippen LogP contribution in [0.1, 0.15) is 12.0 Å². The SMILES string of the molecule is COc1ccc(CN2C(=O)NC(CC(=O)Nc3ccc(OC)cc3)C2=O)cc1. The highest BCUT2D eigenvalue weighted by molar-refractivity contribution is 6.06. The number of carbonyl (C=O) groups excluding carboxylic acids is 3. The molecule has 0 aromatic heterocycles. The van der Waals surface area contributed by atoms with Gasteiger partial charge >= 0.3 is 6.03 Å². The van der Waals surface area contributed by atoms with Crippen molar-refractivity contribution < 1.29 is 23.9 Å². The van der Waals surface area contributed by atoms with Crippen molar-refractivity contribution in [3.8, 4) is 11.5 Å². The van der Waals surface area contributed by atoms with Gasteiger partial charge in [0.2, 0.25) is 5.91 Å². The van der Waals surface area contributed by atoms with Crippen LogP contribution in [0.2, 0.25) is 0 Å². The van der Waals surface area contributed by atoms with E-state index < -0.39 is 18.0 Å². The molecule has 0 saturated carbocycles. The number of nitrogens with zero attached hydrogens (tertiary/aromatic N) is 1. The van der Waals surface area contributed by atoms with Gasteiger partial charge in [-0.05, 0) is 42.0 Å². The Bertz CT molecular complexity index is 864. The molecule has 2 aromatic carbocycles. The van der Waals surface area contributed by atoms with Crippen LogP contribution in [0, 0.1) is 0 Å². The van der Waals surface area contributed by atoms with E-state index in [4.69, 9.17) is 9.47 Å². The molecule has 0 aliphatic carbocycles. The molecule has 0 bridgehead atoms. The van der Waals surface area contributed by atoms with E-state index in [1.165, 1.54) is 0 Å². The summed E-state index contributed by atoms with van der Waals surface area (Å²) in [5, 5.41) is 5.27. The van der Waals surface area contributed by atoms with Crippen LogP contribution in [0.4, 0.5) is 10.5 Å². The Morgan fingerprint density at radius 1 is 1.00 bits per heavy atom. The Morgan fingerprint density at radius 2 is 1.57 bits per heavy atom. The second-order valence-corrected chi connectivity index (χ2v) is 6.26. The predicted octanol–water partition coefficient (Wildman–Crippen LogP) is 2.15. The molecule has 0 spiro atoms. The van der Waals surface area contributed by atoms with Crippen molar-refractivity contribution in [2.75, 3.05) is 19.5 Å². The molecule has 1 aliphatic rings. The Morgan fingerprint density at radius 3 is 2.14 bits per heavy atom. The molecule has 0 radical (unpaired) electrons. The first-order valence-electron chi connectivity index (χ1n) is 8.69. The number of anilines is 1. The normalized spacial score (nSPS) is 15.9. The molecular weight excluding hydrogens is 362 g/mol. The third-order valence-electron chi connectivity index (χ3n) is 4.37. The zero-order valence-corrected chi connectivity index (χ0v) is 15.6. The summed E-state index contributed by atoms with van der Waals surface area (Å²) in [4.78, 5) is 38.0. The number of rotatable bonds is 7. The molecule has 28 heavy (non-hydrogen) atoms. The van der Waals surface area contributed by atoms with Gasteiger partial charge in [0, 0.05) is 5.69 Å². The number of ether oxygens (including phenoxy) is 2. The average Bonchev–Trinajstić information content (AvgIpc) is 2.96. The van der Waals surface area contributed by atoms with E-state index in [0.717, 1.165) is 10.5 Å². The lowest BCUT2D eigenvalue weighted by atomic mass is 10.1. The fourth-order valence-corrected chi connectivity index (χ4v) is 2.85. The summed E-state index contributed by atoms with van der Waals surface area (Å²) < 4.78 is 10.2. The maximum absolute atomic E-state index is 12.5. The summed E-state index contributed by atoms with van der Waals surface area (Å²) in [5.41, 5.74) is 1.37. The molecule has 1 fully saturated rings. The minimum atomic E-state index is -0.885. The second-order valence-electron chi connectivity index (χ2n) is 6.26. The van der Waals surface area contributed by atoms with Gasteiger partial charge in [0.15, 0.2) is 0 Å². The number of urea groups is 1. The van der Waals surface area contributed by atoms with E-state index in [-0.39, 0.29) is 18.9 Å². The van der Waals surface area contributed by atoms with Crippen molar-refractivity contribution in [3.63, 3.8) is 0 Å². The van der Waals surface area contributed by atoms with Crippen LogP contribution in [-0.2, 0) is 16.1 Å². The third kappa shape index (κ3) is 4.40. The lowest BCUT2D eigenvalue weighted by molar-refractivity contribution is -0.130. The van der Waals surface area contributed by atoms with E-state index in [9.17, 15) is 14.4 Å². The highest BCUT2D eigenvalue weighted by Crippen LogP contribution is 2.18. The van der Waals surface area contributed by atoms with Crippen molar-refractivity contribution >= 4 is 23.5 Å². The summed E-state index contributed by atoms with van der Waals surface area (Å²) in [6.45, 7) is 0.130. The monoisotopic (exact) mass is 383 g/mol. The number of nitrogens with one attached hydrogen (secondary N) is 2. The van der Waals surface area contributed by atoms with E-state index in [1.807, 2.05) is 0 Å². The molecule has 2 N–H and O–H groups in total. The van der Waals surface area contributed by atoms with Crippen molar-refractivity contribution in [2.24, 2.45) is 0 Å². The van der Waals surface area contributed by atoms with Gasteiger partial charge in [-0.3, -0.25) is 14.5 Å². The lowest BCUT2D eigenvalue weighted by Crippen LogP contribution is -2.34. The molecule has 1 aliphatic heterocycles. The molecule has 8 nitrogen and oxygen atoms in total. The third-order valence-corrected chi connectivity index (χ3v) is 4.37. The van der Waals surface area contributed by atoms with Crippen LogP contribution in [0.25, 0.3) is 0 Å². The number of hydrogen-bond acceptors (Lipinski definition) is 5. The number of methoxy groups -OCH3 is 2. The van der Waals surface area contributed by atoms with Crippen molar-refractivity contribution in [1.29, 1.82) is 0 Å². The minimum absolute atomic E-state index is 0.130. The standard InChI is InChI=1S/C20H21N3O5/c1-27-15-7-3-13(4-8-15)12-23-19(25)17(22-20(23)26)11-18(24)21-14-5-9-16(28-2)10-6-14/h3-10,17H,11-12H2,1-2H3,(H,21,24)(H,22,26). The zero-order chi connectivity index (χ0) is 20.1. The topological polar surface area (TPSA) is 97.0 Å². The smallest absolute Gasteiger partial charge is 0.325 e. The predicted molar refractivity (Wildman–Crippen MR) is 102 cm³/mol. The number of hydrogen-bond donors (Lipinski definition) is 2. The summed E-state index contributed by atoms with van der Waals surface area (Å²) in [6.07, 6.45) is -0.143. The lowest BCUT2D eigenvalue weighted by Gasteiger charge is -2.13. The van der Waals surface area contributed by atoms with Gasteiger partial charge in [0.1, 0.15) is 17.5 Å². The Kier molecular flexibility index (Phi) is 5.78.